The molecule has 0 aromatic carbocycles. The Balaban J connectivity index is 3.28. The fraction of sp³-hybridized carbons (Fsp3) is 1.00. The molecule has 0 aliphatic rings. The zero-order valence-corrected chi connectivity index (χ0v) is 8.08. The first-order chi connectivity index (χ1) is 4.62. The van der Waals surface area contributed by atoms with Crippen molar-refractivity contribution in [3.05, 3.63) is 0 Å². The molecule has 0 saturated heterocycles. The Morgan fingerprint density at radius 1 is 1.40 bits per heavy atom. The molecule has 0 fully saturated rings. The van der Waals surface area contributed by atoms with Crippen LogP contribution >= 0.6 is 12.6 Å². The smallest absolute Gasteiger partial charge is 0.0478 e. The molecule has 0 amide bonds. The van der Waals surface area contributed by atoms with Crippen LogP contribution < -0.4 is 0 Å². The highest BCUT2D eigenvalue weighted by atomic mass is 32.1. The molecule has 0 bridgehead atoms. The lowest BCUT2D eigenvalue weighted by atomic mass is 10.1. The van der Waals surface area contributed by atoms with E-state index in [1.807, 2.05) is 6.92 Å². The van der Waals surface area contributed by atoms with Gasteiger partial charge in [0.2, 0.25) is 0 Å². The van der Waals surface area contributed by atoms with E-state index in [1.165, 1.54) is 0 Å². The molecular weight excluding hydrogens is 144 g/mol. The van der Waals surface area contributed by atoms with Crippen molar-refractivity contribution in [1.29, 1.82) is 0 Å². The highest BCUT2D eigenvalue weighted by Gasteiger charge is 2.14. The summed E-state index contributed by atoms with van der Waals surface area (Å²) in [5.74, 6) is 0. The molecule has 0 aliphatic carbocycles. The molecule has 0 aromatic heterocycles. The van der Waals surface area contributed by atoms with Gasteiger partial charge in [-0.1, -0.05) is 13.8 Å². The van der Waals surface area contributed by atoms with Gasteiger partial charge in [-0.2, -0.15) is 12.6 Å². The van der Waals surface area contributed by atoms with E-state index in [9.17, 15) is 0 Å². The van der Waals surface area contributed by atoms with E-state index < -0.39 is 0 Å². The minimum Gasteiger partial charge on any atom is -0.382 e. The minimum atomic E-state index is 0.162. The number of thiol groups is 1. The first-order valence-electron chi connectivity index (χ1n) is 3.92. The van der Waals surface area contributed by atoms with Crippen molar-refractivity contribution in [2.24, 2.45) is 0 Å². The molecule has 0 spiro atoms. The van der Waals surface area contributed by atoms with Crippen LogP contribution in [0.15, 0.2) is 0 Å². The summed E-state index contributed by atoms with van der Waals surface area (Å²) in [6, 6.07) is 0. The van der Waals surface area contributed by atoms with E-state index in [0.29, 0.717) is 0 Å². The summed E-state index contributed by atoms with van der Waals surface area (Å²) >= 11 is 4.48. The van der Waals surface area contributed by atoms with Gasteiger partial charge in [0.1, 0.15) is 0 Å². The SMILES string of the molecule is CCOCCC(C)(S)CC. The predicted octanol–water partition coefficient (Wildman–Crippen LogP) is 2.51. The molecule has 0 N–H and O–H groups in total. The molecule has 1 unspecified atom stereocenters. The Morgan fingerprint density at radius 2 is 2.00 bits per heavy atom. The van der Waals surface area contributed by atoms with E-state index in [1.54, 1.807) is 0 Å². The molecule has 1 atom stereocenters. The lowest BCUT2D eigenvalue weighted by Crippen LogP contribution is -2.17. The van der Waals surface area contributed by atoms with Gasteiger partial charge >= 0.3 is 0 Å². The Bertz CT molecular complexity index is 81.3. The van der Waals surface area contributed by atoms with Gasteiger partial charge in [-0.05, 0) is 19.8 Å². The third-order valence-corrected chi connectivity index (χ3v) is 2.29. The van der Waals surface area contributed by atoms with Crippen molar-refractivity contribution in [1.82, 2.24) is 0 Å². The molecule has 0 radical (unpaired) electrons. The molecule has 0 heterocycles. The molecular formula is C8H18OS. The van der Waals surface area contributed by atoms with Crippen LogP contribution in [0.25, 0.3) is 0 Å². The average Bonchev–Trinajstić information content (AvgIpc) is 1.89. The molecule has 0 aromatic rings. The van der Waals surface area contributed by atoms with E-state index in [-0.39, 0.29) is 4.75 Å². The molecule has 0 saturated carbocycles. The molecule has 0 rings (SSSR count). The second-order valence-electron chi connectivity index (χ2n) is 2.80. The number of rotatable bonds is 5. The third-order valence-electron chi connectivity index (χ3n) is 1.75. The topological polar surface area (TPSA) is 9.23 Å². The summed E-state index contributed by atoms with van der Waals surface area (Å²) in [7, 11) is 0. The Morgan fingerprint density at radius 3 is 2.40 bits per heavy atom. The number of hydrogen-bond acceptors (Lipinski definition) is 2. The molecule has 2 heteroatoms. The monoisotopic (exact) mass is 162 g/mol. The number of ether oxygens (including phenoxy) is 1. The van der Waals surface area contributed by atoms with E-state index >= 15 is 0 Å². The second kappa shape index (κ2) is 5.03. The van der Waals surface area contributed by atoms with Gasteiger partial charge in [0.05, 0.1) is 0 Å². The lowest BCUT2D eigenvalue weighted by Gasteiger charge is -2.20. The van der Waals surface area contributed by atoms with Crippen LogP contribution in [0.3, 0.4) is 0 Å². The van der Waals surface area contributed by atoms with Crippen LogP contribution in [0.1, 0.15) is 33.6 Å². The zero-order valence-electron chi connectivity index (χ0n) is 7.18. The fourth-order valence-corrected chi connectivity index (χ4v) is 0.704. The van der Waals surface area contributed by atoms with Crippen molar-refractivity contribution in [3.8, 4) is 0 Å². The predicted molar refractivity (Wildman–Crippen MR) is 48.8 cm³/mol. The highest BCUT2D eigenvalue weighted by Crippen LogP contribution is 2.21. The molecule has 62 valence electrons. The van der Waals surface area contributed by atoms with Gasteiger partial charge in [0.15, 0.2) is 0 Å². The van der Waals surface area contributed by atoms with Crippen molar-refractivity contribution in [3.63, 3.8) is 0 Å². The summed E-state index contributed by atoms with van der Waals surface area (Å²) in [5, 5.41) is 0. The largest absolute Gasteiger partial charge is 0.382 e. The Kier molecular flexibility index (Phi) is 5.18. The standard InChI is InChI=1S/C8H18OS/c1-4-8(3,10)6-7-9-5-2/h10H,4-7H2,1-3H3. The third kappa shape index (κ3) is 5.12. The van der Waals surface area contributed by atoms with E-state index in [2.05, 4.69) is 26.5 Å². The van der Waals surface area contributed by atoms with Crippen molar-refractivity contribution in [2.75, 3.05) is 13.2 Å². The summed E-state index contributed by atoms with van der Waals surface area (Å²) < 4.78 is 5.38. The Hall–Kier alpha value is 0.310. The van der Waals surface area contributed by atoms with Gasteiger partial charge in [0, 0.05) is 18.0 Å². The minimum absolute atomic E-state index is 0.162. The van der Waals surface area contributed by atoms with Crippen LogP contribution in [0.5, 0.6) is 0 Å². The molecule has 1 nitrogen and oxygen atoms in total. The lowest BCUT2D eigenvalue weighted by molar-refractivity contribution is 0.138. The first kappa shape index (κ1) is 10.3. The maximum atomic E-state index is 5.22. The van der Waals surface area contributed by atoms with E-state index in [0.717, 1.165) is 26.1 Å². The van der Waals surface area contributed by atoms with Crippen LogP contribution in [0, 0.1) is 0 Å². The number of hydrogen-bond donors (Lipinski definition) is 1. The van der Waals surface area contributed by atoms with Gasteiger partial charge in [-0.3, -0.25) is 0 Å². The average molecular weight is 162 g/mol. The highest BCUT2D eigenvalue weighted by molar-refractivity contribution is 7.81. The van der Waals surface area contributed by atoms with Crippen molar-refractivity contribution in [2.45, 2.75) is 38.4 Å². The molecule has 0 aliphatic heterocycles. The maximum Gasteiger partial charge on any atom is 0.0478 e. The summed E-state index contributed by atoms with van der Waals surface area (Å²) in [6.07, 6.45) is 2.14. The van der Waals surface area contributed by atoms with Crippen LogP contribution in [0.2, 0.25) is 0 Å². The van der Waals surface area contributed by atoms with Crippen LogP contribution in [0.4, 0.5) is 0 Å². The van der Waals surface area contributed by atoms with E-state index in [4.69, 9.17) is 4.74 Å². The van der Waals surface area contributed by atoms with Gasteiger partial charge in [0.25, 0.3) is 0 Å². The van der Waals surface area contributed by atoms with Crippen LogP contribution in [-0.2, 0) is 4.74 Å². The van der Waals surface area contributed by atoms with Crippen LogP contribution in [-0.4, -0.2) is 18.0 Å². The van der Waals surface area contributed by atoms with Gasteiger partial charge < -0.3 is 4.74 Å². The fourth-order valence-electron chi connectivity index (χ4n) is 0.613. The molecule has 10 heavy (non-hydrogen) atoms. The normalized spacial score (nSPS) is 16.8. The maximum absolute atomic E-state index is 5.22. The second-order valence-corrected chi connectivity index (χ2v) is 3.88. The summed E-state index contributed by atoms with van der Waals surface area (Å²) in [4.78, 5) is 0. The first-order valence-corrected chi connectivity index (χ1v) is 4.37. The summed E-state index contributed by atoms with van der Waals surface area (Å²) in [6.45, 7) is 7.97. The van der Waals surface area contributed by atoms with Crippen molar-refractivity contribution >= 4 is 12.6 Å². The Labute approximate surface area is 69.6 Å². The quantitative estimate of drug-likeness (QED) is 0.483. The zero-order chi connectivity index (χ0) is 8.04. The van der Waals surface area contributed by atoms with Gasteiger partial charge in [-0.15, -0.1) is 0 Å². The summed E-state index contributed by atoms with van der Waals surface area (Å²) in [5.41, 5.74) is 0. The van der Waals surface area contributed by atoms with Gasteiger partial charge in [-0.25, -0.2) is 0 Å². The van der Waals surface area contributed by atoms with Crippen molar-refractivity contribution < 1.29 is 4.74 Å².